The fourth-order valence-electron chi connectivity index (χ4n) is 1.82. The summed E-state index contributed by atoms with van der Waals surface area (Å²) in [5, 5.41) is 37.8. The molecule has 5 atom stereocenters. The Morgan fingerprint density at radius 1 is 1.16 bits per heavy atom. The van der Waals surface area contributed by atoms with Crippen molar-refractivity contribution in [3.63, 3.8) is 0 Å². The van der Waals surface area contributed by atoms with Crippen molar-refractivity contribution >= 4 is 27.6 Å². The fourth-order valence-corrected chi connectivity index (χ4v) is 4.56. The van der Waals surface area contributed by atoms with Crippen LogP contribution in [0.5, 0.6) is 0 Å². The predicted octanol–water partition coefficient (Wildman–Crippen LogP) is -1.66. The molecular weight excluding hydrogens is 296 g/mol. The molecule has 0 spiro atoms. The van der Waals surface area contributed by atoms with E-state index in [1.807, 2.05) is 0 Å². The molecule has 2 fully saturated rings. The van der Waals surface area contributed by atoms with Gasteiger partial charge in [0.15, 0.2) is 0 Å². The lowest BCUT2D eigenvalue weighted by Crippen LogP contribution is -2.59. The lowest BCUT2D eigenvalue weighted by atomic mass is 9.99. The van der Waals surface area contributed by atoms with Crippen LogP contribution < -0.4 is 0 Å². The number of esters is 1. The topological polar surface area (TPSA) is 116 Å². The minimum absolute atomic E-state index is 0.276. The van der Waals surface area contributed by atoms with Crippen molar-refractivity contribution in [1.29, 1.82) is 0 Å². The van der Waals surface area contributed by atoms with E-state index in [-0.39, 0.29) is 5.92 Å². The van der Waals surface area contributed by atoms with Crippen molar-refractivity contribution in [3.05, 3.63) is 0 Å². The molecular formula is C10H16O7S2. The molecule has 0 aliphatic carbocycles. The monoisotopic (exact) mass is 312 g/mol. The average Bonchev–Trinajstić information content (AvgIpc) is 2.93. The predicted molar refractivity (Wildman–Crippen MR) is 68.3 cm³/mol. The molecule has 0 aromatic heterocycles. The number of hydrogen-bond donors (Lipinski definition) is 4. The highest BCUT2D eigenvalue weighted by Gasteiger charge is 2.45. The Balaban J connectivity index is 1.96. The highest BCUT2D eigenvalue weighted by Crippen LogP contribution is 2.35. The van der Waals surface area contributed by atoms with Crippen molar-refractivity contribution in [2.75, 3.05) is 18.1 Å². The summed E-state index contributed by atoms with van der Waals surface area (Å²) < 4.78 is 10.1. The van der Waals surface area contributed by atoms with E-state index in [1.165, 1.54) is 0 Å². The Morgan fingerprint density at radius 2 is 1.79 bits per heavy atom. The zero-order valence-corrected chi connectivity index (χ0v) is 11.5. The molecule has 0 aromatic carbocycles. The maximum Gasteiger partial charge on any atom is 0.313 e. The molecule has 110 valence electrons. The van der Waals surface area contributed by atoms with Crippen LogP contribution in [-0.4, -0.2) is 75.2 Å². The SMILES string of the molecule is O=C(OC1O[C@H](CO)[C@@H](O)[C@H](O)[C@H]1O)C1CSSC1. The van der Waals surface area contributed by atoms with E-state index >= 15 is 0 Å². The van der Waals surface area contributed by atoms with Crippen molar-refractivity contribution in [2.24, 2.45) is 5.92 Å². The molecule has 0 radical (unpaired) electrons. The smallest absolute Gasteiger partial charge is 0.313 e. The molecule has 2 aliphatic heterocycles. The van der Waals surface area contributed by atoms with Gasteiger partial charge in [-0.1, -0.05) is 21.6 Å². The average molecular weight is 312 g/mol. The van der Waals surface area contributed by atoms with Gasteiger partial charge in [-0.2, -0.15) is 0 Å². The van der Waals surface area contributed by atoms with Gasteiger partial charge in [-0.3, -0.25) is 4.79 Å². The third-order valence-electron chi connectivity index (χ3n) is 3.04. The zero-order valence-electron chi connectivity index (χ0n) is 9.92. The van der Waals surface area contributed by atoms with Crippen LogP contribution in [0, 0.1) is 5.92 Å². The molecule has 2 rings (SSSR count). The van der Waals surface area contributed by atoms with Crippen LogP contribution in [-0.2, 0) is 14.3 Å². The molecule has 2 heterocycles. The molecule has 9 heteroatoms. The van der Waals surface area contributed by atoms with Gasteiger partial charge in [-0.05, 0) is 0 Å². The summed E-state index contributed by atoms with van der Waals surface area (Å²) in [6.07, 6.45) is -6.96. The van der Waals surface area contributed by atoms with E-state index in [4.69, 9.17) is 14.6 Å². The zero-order chi connectivity index (χ0) is 14.0. The van der Waals surface area contributed by atoms with Gasteiger partial charge in [0.05, 0.1) is 12.5 Å². The first-order chi connectivity index (χ1) is 9.04. The summed E-state index contributed by atoms with van der Waals surface area (Å²) in [6.45, 7) is -0.547. The summed E-state index contributed by atoms with van der Waals surface area (Å²) in [6, 6.07) is 0. The lowest BCUT2D eigenvalue weighted by Gasteiger charge is -2.39. The van der Waals surface area contributed by atoms with E-state index in [2.05, 4.69) is 0 Å². The third kappa shape index (κ3) is 3.35. The maximum absolute atomic E-state index is 11.8. The highest BCUT2D eigenvalue weighted by molar-refractivity contribution is 8.77. The van der Waals surface area contributed by atoms with Crippen molar-refractivity contribution < 1.29 is 34.7 Å². The fraction of sp³-hybridized carbons (Fsp3) is 0.900. The molecule has 2 saturated heterocycles. The number of aliphatic hydroxyl groups excluding tert-OH is 4. The Morgan fingerprint density at radius 3 is 2.37 bits per heavy atom. The number of ether oxygens (including phenoxy) is 2. The van der Waals surface area contributed by atoms with Gasteiger partial charge in [0.2, 0.25) is 6.29 Å². The second-order valence-electron chi connectivity index (χ2n) is 4.40. The van der Waals surface area contributed by atoms with Crippen molar-refractivity contribution in [3.8, 4) is 0 Å². The summed E-state index contributed by atoms with van der Waals surface area (Å²) in [5.74, 6) is 0.464. The Hall–Kier alpha value is -0.0300. The number of aliphatic hydroxyl groups is 4. The molecule has 0 saturated carbocycles. The van der Waals surface area contributed by atoms with Crippen LogP contribution in [0.4, 0.5) is 0 Å². The van der Waals surface area contributed by atoms with Crippen LogP contribution in [0.1, 0.15) is 0 Å². The van der Waals surface area contributed by atoms with Crippen LogP contribution in [0.3, 0.4) is 0 Å². The summed E-state index contributed by atoms with van der Waals surface area (Å²) in [5.41, 5.74) is 0. The molecule has 7 nitrogen and oxygen atoms in total. The van der Waals surface area contributed by atoms with Gasteiger partial charge in [0.1, 0.15) is 24.4 Å². The number of hydrogen-bond acceptors (Lipinski definition) is 9. The van der Waals surface area contributed by atoms with Gasteiger partial charge < -0.3 is 29.9 Å². The van der Waals surface area contributed by atoms with Crippen LogP contribution in [0.15, 0.2) is 0 Å². The summed E-state index contributed by atoms with van der Waals surface area (Å²) in [7, 11) is 3.12. The van der Waals surface area contributed by atoms with Crippen LogP contribution in [0.25, 0.3) is 0 Å². The molecule has 0 aromatic rings. The van der Waals surface area contributed by atoms with E-state index in [9.17, 15) is 20.1 Å². The minimum Gasteiger partial charge on any atom is -0.432 e. The third-order valence-corrected chi connectivity index (χ3v) is 5.60. The van der Waals surface area contributed by atoms with Gasteiger partial charge in [-0.25, -0.2) is 0 Å². The van der Waals surface area contributed by atoms with Gasteiger partial charge in [0.25, 0.3) is 0 Å². The molecule has 19 heavy (non-hydrogen) atoms. The quantitative estimate of drug-likeness (QED) is 0.359. The van der Waals surface area contributed by atoms with Crippen molar-refractivity contribution in [2.45, 2.75) is 30.7 Å². The summed E-state index contributed by atoms with van der Waals surface area (Å²) >= 11 is 0. The van der Waals surface area contributed by atoms with Gasteiger partial charge in [-0.15, -0.1) is 0 Å². The van der Waals surface area contributed by atoms with Gasteiger partial charge in [0, 0.05) is 11.5 Å². The van der Waals surface area contributed by atoms with Crippen LogP contribution in [0.2, 0.25) is 0 Å². The molecule has 1 unspecified atom stereocenters. The maximum atomic E-state index is 11.8. The van der Waals surface area contributed by atoms with Gasteiger partial charge >= 0.3 is 5.97 Å². The standard InChI is InChI=1S/C10H16O7S2/c11-1-5-6(12)7(13)8(14)10(16-5)17-9(15)4-2-18-19-3-4/h4-8,10-14H,1-3H2/t5-,6-,7+,8-,10?/m1/s1. The van der Waals surface area contributed by atoms with Crippen molar-refractivity contribution in [1.82, 2.24) is 0 Å². The van der Waals surface area contributed by atoms with E-state index < -0.39 is 43.3 Å². The van der Waals surface area contributed by atoms with Crippen LogP contribution >= 0.6 is 21.6 Å². The first-order valence-corrected chi connectivity index (χ1v) is 8.28. The molecule has 0 bridgehead atoms. The number of carbonyl (C=O) groups is 1. The molecule has 2 aliphatic rings. The first kappa shape index (κ1) is 15.4. The second-order valence-corrected chi connectivity index (χ2v) is 6.95. The number of carbonyl (C=O) groups excluding carboxylic acids is 1. The normalized spacial score (nSPS) is 40.3. The number of rotatable bonds is 3. The Kier molecular flexibility index (Phi) is 5.35. The largest absolute Gasteiger partial charge is 0.432 e. The first-order valence-electron chi connectivity index (χ1n) is 5.80. The molecule has 4 N–H and O–H groups in total. The second kappa shape index (κ2) is 6.61. The van der Waals surface area contributed by atoms with E-state index in [0.29, 0.717) is 11.5 Å². The Labute approximate surface area is 117 Å². The Bertz CT molecular complexity index is 321. The van der Waals surface area contributed by atoms with E-state index in [0.717, 1.165) is 0 Å². The minimum atomic E-state index is -1.54. The van der Waals surface area contributed by atoms with E-state index in [1.54, 1.807) is 21.6 Å². The molecule has 0 amide bonds. The lowest BCUT2D eigenvalue weighted by molar-refractivity contribution is -0.293. The highest BCUT2D eigenvalue weighted by atomic mass is 33.1. The summed E-state index contributed by atoms with van der Waals surface area (Å²) in [4.78, 5) is 11.8.